The van der Waals surface area contributed by atoms with Crippen LogP contribution < -0.4 is 16.0 Å². The van der Waals surface area contributed by atoms with Crippen LogP contribution in [0.4, 0.5) is 10.5 Å². The maximum atomic E-state index is 12.2. The van der Waals surface area contributed by atoms with E-state index in [2.05, 4.69) is 16.0 Å². The summed E-state index contributed by atoms with van der Waals surface area (Å²) < 4.78 is 2.32. The summed E-state index contributed by atoms with van der Waals surface area (Å²) in [6, 6.07) is 8.86. The molecule has 0 unspecified atom stereocenters. The van der Waals surface area contributed by atoms with E-state index in [0.717, 1.165) is 23.9 Å². The van der Waals surface area contributed by atoms with Crippen LogP contribution >= 0.6 is 48.3 Å². The Bertz CT molecular complexity index is 465. The second kappa shape index (κ2) is 9.01. The number of urea groups is 1. The molecule has 9 heteroatoms. The van der Waals surface area contributed by atoms with Gasteiger partial charge in [-0.05, 0) is 12.1 Å². The van der Waals surface area contributed by atoms with E-state index in [1.165, 1.54) is 3.71 Å². The number of amides is 2. The van der Waals surface area contributed by atoms with Crippen molar-refractivity contribution in [3.8, 4) is 0 Å². The van der Waals surface area contributed by atoms with Crippen LogP contribution in [0.5, 0.6) is 0 Å². The zero-order chi connectivity index (χ0) is 15.0. The lowest BCUT2D eigenvalue weighted by molar-refractivity contribution is 0.250. The monoisotopic (exact) mass is 346 g/mol. The van der Waals surface area contributed by atoms with Crippen molar-refractivity contribution in [2.75, 3.05) is 19.4 Å². The van der Waals surface area contributed by atoms with Crippen LogP contribution in [0, 0.1) is 0 Å². The number of hydrogen-bond donors (Lipinski definition) is 3. The fourth-order valence-electron chi connectivity index (χ4n) is 1.03. The highest BCUT2D eigenvalue weighted by Crippen LogP contribution is 2.24. The minimum Gasteiger partial charge on any atom is -0.373 e. The Morgan fingerprint density at radius 3 is 2.00 bits per heavy atom. The number of para-hydroxylation sites is 1. The number of carbonyl (C=O) groups is 1. The second-order valence-electron chi connectivity index (χ2n) is 3.31. The topological polar surface area (TPSA) is 56.4 Å². The van der Waals surface area contributed by atoms with E-state index in [4.69, 9.17) is 24.4 Å². The van der Waals surface area contributed by atoms with E-state index >= 15 is 0 Å². The highest BCUT2D eigenvalue weighted by molar-refractivity contribution is 8.33. The number of carbonyl (C=O) groups excluding carboxylic acids is 1. The number of hydrogen-bond acceptors (Lipinski definition) is 5. The minimum atomic E-state index is -0.318. The molecule has 1 aromatic carbocycles. The lowest BCUT2D eigenvalue weighted by Crippen LogP contribution is -2.30. The van der Waals surface area contributed by atoms with Gasteiger partial charge in [0.15, 0.2) is 8.64 Å². The fourth-order valence-corrected chi connectivity index (χ4v) is 3.10. The van der Waals surface area contributed by atoms with Crippen LogP contribution in [0.15, 0.2) is 30.3 Å². The first-order chi connectivity index (χ1) is 9.56. The Kier molecular flexibility index (Phi) is 7.67. The smallest absolute Gasteiger partial charge is 0.343 e. The summed E-state index contributed by atoms with van der Waals surface area (Å²) in [6.45, 7) is 0. The van der Waals surface area contributed by atoms with Gasteiger partial charge >= 0.3 is 6.03 Å². The molecule has 1 aromatic rings. The lowest BCUT2D eigenvalue weighted by Gasteiger charge is -2.20. The molecule has 3 N–H and O–H groups in total. The van der Waals surface area contributed by atoms with Crippen molar-refractivity contribution < 1.29 is 4.79 Å². The minimum absolute atomic E-state index is 0.318. The van der Waals surface area contributed by atoms with Gasteiger partial charge in [0.25, 0.3) is 0 Å². The summed E-state index contributed by atoms with van der Waals surface area (Å²) in [6.07, 6.45) is 0. The van der Waals surface area contributed by atoms with Gasteiger partial charge in [-0.2, -0.15) is 3.71 Å². The molecule has 108 valence electrons. The normalized spacial score (nSPS) is 9.50. The molecule has 0 aliphatic heterocycles. The van der Waals surface area contributed by atoms with Crippen molar-refractivity contribution in [2.45, 2.75) is 0 Å². The molecule has 2 amide bonds. The Labute approximate surface area is 137 Å². The Hall–Kier alpha value is -1.03. The van der Waals surface area contributed by atoms with Gasteiger partial charge in [0, 0.05) is 43.7 Å². The lowest BCUT2D eigenvalue weighted by atomic mass is 10.3. The quantitative estimate of drug-likeness (QED) is 0.534. The van der Waals surface area contributed by atoms with E-state index in [-0.39, 0.29) is 6.03 Å². The van der Waals surface area contributed by atoms with Crippen LogP contribution in [0.3, 0.4) is 0 Å². The first kappa shape index (κ1) is 17.0. The molecule has 0 spiro atoms. The standard InChI is InChI=1S/C11H14N4OS4/c1-12-10(17)19-15(20-11(18)13-2)9(16)14-8-6-4-3-5-7-8/h3-7H,1-2H3,(H,12,17)(H,13,18)(H,14,16). The van der Waals surface area contributed by atoms with Crippen LogP contribution in [-0.4, -0.2) is 32.5 Å². The van der Waals surface area contributed by atoms with E-state index in [1.807, 2.05) is 18.2 Å². The van der Waals surface area contributed by atoms with Crippen molar-refractivity contribution in [3.05, 3.63) is 30.3 Å². The van der Waals surface area contributed by atoms with Gasteiger partial charge in [-0.3, -0.25) is 0 Å². The maximum absolute atomic E-state index is 12.2. The molecule has 0 atom stereocenters. The van der Waals surface area contributed by atoms with E-state index in [1.54, 1.807) is 26.2 Å². The molecule has 5 nitrogen and oxygen atoms in total. The fraction of sp³-hybridized carbons (Fsp3) is 0.182. The largest absolute Gasteiger partial charge is 0.373 e. The van der Waals surface area contributed by atoms with Crippen molar-refractivity contribution in [1.82, 2.24) is 14.3 Å². The Morgan fingerprint density at radius 1 is 1.05 bits per heavy atom. The summed E-state index contributed by atoms with van der Waals surface area (Å²) in [4.78, 5) is 12.2. The third-order valence-corrected chi connectivity index (χ3v) is 4.64. The predicted octanol–water partition coefficient (Wildman–Crippen LogP) is 2.83. The van der Waals surface area contributed by atoms with Gasteiger partial charge in [0.05, 0.1) is 0 Å². The summed E-state index contributed by atoms with van der Waals surface area (Å²) in [5, 5.41) is 8.37. The number of benzene rings is 1. The zero-order valence-corrected chi connectivity index (χ0v) is 14.1. The van der Waals surface area contributed by atoms with Gasteiger partial charge in [-0.25, -0.2) is 4.79 Å². The molecule has 0 heterocycles. The molecular formula is C11H14N4OS4. The summed E-state index contributed by atoms with van der Waals surface area (Å²) in [5.41, 5.74) is 0.703. The van der Waals surface area contributed by atoms with Crippen LogP contribution in [0.1, 0.15) is 0 Å². The number of nitrogens with zero attached hydrogens (tertiary/aromatic N) is 1. The van der Waals surface area contributed by atoms with Crippen molar-refractivity contribution in [3.63, 3.8) is 0 Å². The van der Waals surface area contributed by atoms with E-state index in [9.17, 15) is 4.79 Å². The molecule has 20 heavy (non-hydrogen) atoms. The number of anilines is 1. The molecular weight excluding hydrogens is 332 g/mol. The van der Waals surface area contributed by atoms with Crippen molar-refractivity contribution >= 4 is 68.7 Å². The Morgan fingerprint density at radius 2 is 1.55 bits per heavy atom. The molecule has 0 saturated carbocycles. The summed E-state index contributed by atoms with van der Waals surface area (Å²) in [5.74, 6) is 0. The molecule has 1 rings (SSSR count). The maximum Gasteiger partial charge on any atom is 0.343 e. The number of thiocarbonyl (C=S) groups is 2. The summed E-state index contributed by atoms with van der Waals surface area (Å²) in [7, 11) is 3.40. The van der Waals surface area contributed by atoms with Gasteiger partial charge < -0.3 is 16.0 Å². The van der Waals surface area contributed by atoms with Crippen LogP contribution in [0.2, 0.25) is 0 Å². The average molecular weight is 347 g/mol. The first-order valence-electron chi connectivity index (χ1n) is 5.52. The van der Waals surface area contributed by atoms with Crippen molar-refractivity contribution in [2.24, 2.45) is 0 Å². The van der Waals surface area contributed by atoms with E-state index in [0.29, 0.717) is 14.3 Å². The van der Waals surface area contributed by atoms with Crippen LogP contribution in [0.25, 0.3) is 0 Å². The van der Waals surface area contributed by atoms with Gasteiger partial charge in [-0.1, -0.05) is 42.6 Å². The third kappa shape index (κ3) is 5.95. The SMILES string of the molecule is CNC(=S)SN(SC(=S)NC)C(=O)Nc1ccccc1. The van der Waals surface area contributed by atoms with Crippen LogP contribution in [-0.2, 0) is 0 Å². The molecule has 0 aromatic heterocycles. The van der Waals surface area contributed by atoms with Gasteiger partial charge in [0.1, 0.15) is 0 Å². The van der Waals surface area contributed by atoms with Gasteiger partial charge in [0.2, 0.25) is 0 Å². The second-order valence-corrected chi connectivity index (χ2v) is 6.79. The van der Waals surface area contributed by atoms with Crippen molar-refractivity contribution in [1.29, 1.82) is 0 Å². The highest BCUT2D eigenvalue weighted by atomic mass is 32.2. The average Bonchev–Trinajstić information content (AvgIpc) is 2.47. The molecule has 0 fully saturated rings. The number of rotatable bonds is 1. The zero-order valence-electron chi connectivity index (χ0n) is 10.9. The molecule has 0 aliphatic carbocycles. The molecule has 0 aliphatic rings. The summed E-state index contributed by atoms with van der Waals surface area (Å²) >= 11 is 12.3. The molecule has 0 bridgehead atoms. The molecule has 0 saturated heterocycles. The highest BCUT2D eigenvalue weighted by Gasteiger charge is 2.19. The third-order valence-electron chi connectivity index (χ3n) is 1.93. The van der Waals surface area contributed by atoms with E-state index < -0.39 is 0 Å². The predicted molar refractivity (Wildman–Crippen MR) is 95.8 cm³/mol. The van der Waals surface area contributed by atoms with Gasteiger partial charge in [-0.15, -0.1) is 0 Å². The first-order valence-corrected chi connectivity index (χ1v) is 7.88. The Balaban J connectivity index is 2.72. The molecule has 0 radical (unpaired) electrons. The number of nitrogens with one attached hydrogen (secondary N) is 3.